The lowest BCUT2D eigenvalue weighted by atomic mass is 10.1. The van der Waals surface area contributed by atoms with Crippen molar-refractivity contribution in [3.63, 3.8) is 0 Å². The number of hydrogen-bond donors (Lipinski definition) is 2. The summed E-state index contributed by atoms with van der Waals surface area (Å²) < 4.78 is 0. The Hall–Kier alpha value is -3.40. The number of benzene rings is 3. The van der Waals surface area contributed by atoms with E-state index in [1.54, 1.807) is 26.0 Å². The zero-order chi connectivity index (χ0) is 18.5. The standard InChI is InChI=1S/C22H20N2O2/c1-15(25)19-7-3-5-9-21(19)23-17-11-13-18(14-12-17)24-22-10-6-4-8-20(22)16(2)26/h3-14,23-24H,1-2H3. The van der Waals surface area contributed by atoms with E-state index in [-0.39, 0.29) is 11.6 Å². The Bertz CT molecular complexity index is 868. The number of hydrogen-bond acceptors (Lipinski definition) is 4. The average molecular weight is 344 g/mol. The Labute approximate surface area is 152 Å². The van der Waals surface area contributed by atoms with Gasteiger partial charge in [0.25, 0.3) is 0 Å². The van der Waals surface area contributed by atoms with Crippen molar-refractivity contribution in [3.8, 4) is 0 Å². The van der Waals surface area contributed by atoms with Gasteiger partial charge in [-0.2, -0.15) is 0 Å². The van der Waals surface area contributed by atoms with Crippen LogP contribution in [0.4, 0.5) is 22.7 Å². The molecule has 0 bridgehead atoms. The average Bonchev–Trinajstić information content (AvgIpc) is 2.64. The monoisotopic (exact) mass is 344 g/mol. The van der Waals surface area contributed by atoms with E-state index in [2.05, 4.69) is 10.6 Å². The van der Waals surface area contributed by atoms with Gasteiger partial charge < -0.3 is 10.6 Å². The summed E-state index contributed by atoms with van der Waals surface area (Å²) in [6.45, 7) is 3.11. The van der Waals surface area contributed by atoms with Crippen molar-refractivity contribution in [2.24, 2.45) is 0 Å². The fraction of sp³-hybridized carbons (Fsp3) is 0.0909. The number of para-hydroxylation sites is 2. The molecule has 0 aliphatic heterocycles. The molecule has 4 nitrogen and oxygen atoms in total. The minimum absolute atomic E-state index is 0.0206. The van der Waals surface area contributed by atoms with Crippen LogP contribution >= 0.6 is 0 Å². The molecule has 26 heavy (non-hydrogen) atoms. The fourth-order valence-electron chi connectivity index (χ4n) is 2.75. The van der Waals surface area contributed by atoms with Gasteiger partial charge in [-0.15, -0.1) is 0 Å². The molecular formula is C22H20N2O2. The summed E-state index contributed by atoms with van der Waals surface area (Å²) in [7, 11) is 0. The van der Waals surface area contributed by atoms with E-state index in [0.29, 0.717) is 11.1 Å². The number of anilines is 4. The number of carbonyl (C=O) groups is 2. The second-order valence-corrected chi connectivity index (χ2v) is 6.03. The minimum Gasteiger partial charge on any atom is -0.355 e. The van der Waals surface area contributed by atoms with E-state index in [1.807, 2.05) is 60.7 Å². The van der Waals surface area contributed by atoms with Crippen molar-refractivity contribution >= 4 is 34.3 Å². The van der Waals surface area contributed by atoms with Crippen molar-refractivity contribution in [1.29, 1.82) is 0 Å². The number of Topliss-reactive ketones (excluding diaryl/α,β-unsaturated/α-hetero) is 2. The van der Waals surface area contributed by atoms with Gasteiger partial charge in [0.05, 0.1) is 0 Å². The lowest BCUT2D eigenvalue weighted by Crippen LogP contribution is -2.01. The van der Waals surface area contributed by atoms with Crippen LogP contribution in [-0.2, 0) is 0 Å². The van der Waals surface area contributed by atoms with Crippen LogP contribution in [0.15, 0.2) is 72.8 Å². The Kier molecular flexibility index (Phi) is 5.13. The van der Waals surface area contributed by atoms with Crippen LogP contribution in [-0.4, -0.2) is 11.6 Å². The van der Waals surface area contributed by atoms with Gasteiger partial charge in [-0.3, -0.25) is 9.59 Å². The Balaban J connectivity index is 1.78. The van der Waals surface area contributed by atoms with Gasteiger partial charge in [-0.25, -0.2) is 0 Å². The summed E-state index contributed by atoms with van der Waals surface area (Å²) >= 11 is 0. The number of rotatable bonds is 6. The summed E-state index contributed by atoms with van der Waals surface area (Å²) in [5.41, 5.74) is 4.63. The maximum Gasteiger partial charge on any atom is 0.161 e. The molecule has 0 fully saturated rings. The SMILES string of the molecule is CC(=O)c1ccccc1Nc1ccc(Nc2ccccc2C(C)=O)cc1. The summed E-state index contributed by atoms with van der Waals surface area (Å²) in [4.78, 5) is 23.4. The first-order valence-corrected chi connectivity index (χ1v) is 8.38. The van der Waals surface area contributed by atoms with Gasteiger partial charge in [0.1, 0.15) is 0 Å². The minimum atomic E-state index is 0.0206. The Morgan fingerprint density at radius 1 is 0.577 bits per heavy atom. The van der Waals surface area contributed by atoms with Crippen LogP contribution in [0.5, 0.6) is 0 Å². The topological polar surface area (TPSA) is 58.2 Å². The molecule has 0 unspecified atom stereocenters. The van der Waals surface area contributed by atoms with Crippen molar-refractivity contribution in [2.45, 2.75) is 13.8 Å². The molecule has 0 aliphatic rings. The number of carbonyl (C=O) groups excluding carboxylic acids is 2. The molecule has 3 rings (SSSR count). The predicted octanol–water partition coefficient (Wildman–Crippen LogP) is 5.58. The van der Waals surface area contributed by atoms with Gasteiger partial charge in [0.15, 0.2) is 11.6 Å². The molecule has 2 N–H and O–H groups in total. The van der Waals surface area contributed by atoms with Crippen LogP contribution in [0.3, 0.4) is 0 Å². The first kappa shape index (κ1) is 17.4. The summed E-state index contributed by atoms with van der Waals surface area (Å²) in [6.07, 6.45) is 0. The van der Waals surface area contributed by atoms with Gasteiger partial charge >= 0.3 is 0 Å². The molecular weight excluding hydrogens is 324 g/mol. The number of ketones is 2. The normalized spacial score (nSPS) is 10.2. The predicted molar refractivity (Wildman–Crippen MR) is 106 cm³/mol. The van der Waals surface area contributed by atoms with Crippen LogP contribution in [0.2, 0.25) is 0 Å². The summed E-state index contributed by atoms with van der Waals surface area (Å²) in [5, 5.41) is 6.54. The zero-order valence-electron chi connectivity index (χ0n) is 14.7. The quantitative estimate of drug-likeness (QED) is 0.573. The van der Waals surface area contributed by atoms with Crippen molar-refractivity contribution < 1.29 is 9.59 Å². The van der Waals surface area contributed by atoms with Crippen LogP contribution in [0.25, 0.3) is 0 Å². The zero-order valence-corrected chi connectivity index (χ0v) is 14.7. The molecule has 0 aliphatic carbocycles. The summed E-state index contributed by atoms with van der Waals surface area (Å²) in [6, 6.07) is 22.6. The van der Waals surface area contributed by atoms with E-state index >= 15 is 0 Å². The molecule has 3 aromatic carbocycles. The lowest BCUT2D eigenvalue weighted by Gasteiger charge is -2.13. The van der Waals surface area contributed by atoms with E-state index in [1.165, 1.54) is 0 Å². The third-order valence-corrected chi connectivity index (χ3v) is 4.06. The molecule has 4 heteroatoms. The number of nitrogens with one attached hydrogen (secondary N) is 2. The van der Waals surface area contributed by atoms with Crippen molar-refractivity contribution in [1.82, 2.24) is 0 Å². The van der Waals surface area contributed by atoms with Gasteiger partial charge in [0, 0.05) is 33.9 Å². The largest absolute Gasteiger partial charge is 0.355 e. The maximum absolute atomic E-state index is 11.7. The smallest absolute Gasteiger partial charge is 0.161 e. The highest BCUT2D eigenvalue weighted by Crippen LogP contribution is 2.25. The van der Waals surface area contributed by atoms with E-state index in [4.69, 9.17) is 0 Å². The molecule has 130 valence electrons. The Morgan fingerprint density at radius 2 is 0.923 bits per heavy atom. The van der Waals surface area contributed by atoms with E-state index in [9.17, 15) is 9.59 Å². The van der Waals surface area contributed by atoms with Crippen LogP contribution in [0.1, 0.15) is 34.6 Å². The Morgan fingerprint density at radius 3 is 1.27 bits per heavy atom. The molecule has 3 aromatic rings. The third kappa shape index (κ3) is 3.98. The second-order valence-electron chi connectivity index (χ2n) is 6.03. The molecule has 0 saturated carbocycles. The third-order valence-electron chi connectivity index (χ3n) is 4.06. The molecule has 0 spiro atoms. The fourth-order valence-corrected chi connectivity index (χ4v) is 2.75. The second kappa shape index (κ2) is 7.66. The highest BCUT2D eigenvalue weighted by Gasteiger charge is 2.08. The van der Waals surface area contributed by atoms with Crippen molar-refractivity contribution in [2.75, 3.05) is 10.6 Å². The molecule has 0 saturated heterocycles. The van der Waals surface area contributed by atoms with E-state index in [0.717, 1.165) is 22.7 Å². The first-order valence-electron chi connectivity index (χ1n) is 8.38. The van der Waals surface area contributed by atoms with Crippen LogP contribution < -0.4 is 10.6 Å². The molecule has 0 aromatic heterocycles. The van der Waals surface area contributed by atoms with Gasteiger partial charge in [-0.05, 0) is 62.4 Å². The van der Waals surface area contributed by atoms with Gasteiger partial charge in [0.2, 0.25) is 0 Å². The highest BCUT2D eigenvalue weighted by molar-refractivity contribution is 6.01. The first-order chi connectivity index (χ1) is 12.5. The molecule has 0 heterocycles. The lowest BCUT2D eigenvalue weighted by molar-refractivity contribution is 0.101. The van der Waals surface area contributed by atoms with Gasteiger partial charge in [-0.1, -0.05) is 24.3 Å². The van der Waals surface area contributed by atoms with Crippen molar-refractivity contribution in [3.05, 3.63) is 83.9 Å². The highest BCUT2D eigenvalue weighted by atomic mass is 16.1. The van der Waals surface area contributed by atoms with Crippen LogP contribution in [0, 0.1) is 0 Å². The summed E-state index contributed by atoms with van der Waals surface area (Å²) in [5.74, 6) is 0.0412. The molecule has 0 amide bonds. The van der Waals surface area contributed by atoms with E-state index < -0.39 is 0 Å². The molecule has 0 atom stereocenters. The maximum atomic E-state index is 11.7. The molecule has 0 radical (unpaired) electrons.